The third kappa shape index (κ3) is 4.05. The van der Waals surface area contributed by atoms with Crippen molar-refractivity contribution in [2.45, 2.75) is 25.9 Å². The van der Waals surface area contributed by atoms with Gasteiger partial charge in [0.25, 0.3) is 6.43 Å². The number of nitrogen functional groups attached to an aromatic ring is 1. The van der Waals surface area contributed by atoms with E-state index in [1.165, 1.54) is 11.8 Å². The van der Waals surface area contributed by atoms with Crippen LogP contribution in [-0.4, -0.2) is 51.4 Å². The Morgan fingerprint density at radius 1 is 1.20 bits per heavy atom. The van der Waals surface area contributed by atoms with Crippen LogP contribution in [0.1, 0.15) is 22.3 Å². The van der Waals surface area contributed by atoms with Gasteiger partial charge in [0.05, 0.1) is 16.6 Å². The topological polar surface area (TPSA) is 122 Å². The molecule has 8 nitrogen and oxygen atoms in total. The fourth-order valence-electron chi connectivity index (χ4n) is 4.46. The molecule has 1 fully saturated rings. The van der Waals surface area contributed by atoms with Crippen LogP contribution in [0, 0.1) is 30.3 Å². The molecule has 1 aliphatic rings. The van der Waals surface area contributed by atoms with E-state index in [1.54, 1.807) is 0 Å². The number of aromatic carboxylic acids is 1. The van der Waals surface area contributed by atoms with Crippen LogP contribution in [0.5, 0.6) is 0 Å². The molecule has 1 saturated heterocycles. The Morgan fingerprint density at radius 3 is 2.51 bits per heavy atom. The molecule has 3 heterocycles. The molecule has 0 radical (unpaired) electrons. The average Bonchev–Trinajstić information content (AvgIpc) is 3.25. The predicted molar refractivity (Wildman–Crippen MR) is 116 cm³/mol. The molecule has 1 aliphatic heterocycles. The van der Waals surface area contributed by atoms with Crippen LogP contribution in [-0.2, 0) is 0 Å². The number of carboxylic acids is 1. The summed E-state index contributed by atoms with van der Waals surface area (Å²) in [6, 6.07) is 1.20. The molecule has 4 rings (SSSR count). The molecular formula is C22H19F5N4O4. The smallest absolute Gasteiger partial charge is 0.341 e. The van der Waals surface area contributed by atoms with Crippen LogP contribution >= 0.6 is 0 Å². The van der Waals surface area contributed by atoms with E-state index >= 15 is 4.39 Å². The number of aryl methyl sites for hydroxylation is 1. The number of anilines is 2. The first kappa shape index (κ1) is 24.4. The Bertz CT molecular complexity index is 1410. The van der Waals surface area contributed by atoms with Crippen LogP contribution < -0.4 is 16.1 Å². The molecule has 0 spiro atoms. The van der Waals surface area contributed by atoms with Gasteiger partial charge in [0.1, 0.15) is 17.5 Å². The number of aromatic nitrogens is 2. The van der Waals surface area contributed by atoms with Crippen molar-refractivity contribution in [2.75, 3.05) is 23.7 Å². The van der Waals surface area contributed by atoms with Crippen LogP contribution in [0.4, 0.5) is 33.5 Å². The number of pyridine rings is 2. The average molecular weight is 498 g/mol. The lowest BCUT2D eigenvalue weighted by Crippen LogP contribution is -2.31. The zero-order chi connectivity index (χ0) is 25.8. The van der Waals surface area contributed by atoms with Crippen molar-refractivity contribution in [3.8, 4) is 5.82 Å². The van der Waals surface area contributed by atoms with E-state index in [9.17, 15) is 37.4 Å². The summed E-state index contributed by atoms with van der Waals surface area (Å²) in [4.78, 5) is 29.5. The number of benzene rings is 1. The van der Waals surface area contributed by atoms with Crippen molar-refractivity contribution >= 4 is 28.4 Å². The van der Waals surface area contributed by atoms with E-state index in [2.05, 4.69) is 4.98 Å². The van der Waals surface area contributed by atoms with E-state index in [-0.39, 0.29) is 36.3 Å². The van der Waals surface area contributed by atoms with Crippen molar-refractivity contribution in [3.63, 3.8) is 0 Å². The number of hydrogen-bond acceptors (Lipinski definition) is 6. The first-order valence-corrected chi connectivity index (χ1v) is 10.4. The van der Waals surface area contributed by atoms with Crippen molar-refractivity contribution in [3.05, 3.63) is 57.1 Å². The van der Waals surface area contributed by atoms with Gasteiger partial charge in [-0.2, -0.15) is 0 Å². The number of aliphatic hydroxyl groups excluding tert-OH is 1. The maximum absolute atomic E-state index is 15.3. The number of carbonyl (C=O) groups is 1. The molecule has 3 aromatic rings. The van der Waals surface area contributed by atoms with Crippen LogP contribution in [0.2, 0.25) is 0 Å². The fourth-order valence-corrected chi connectivity index (χ4v) is 4.46. The Hall–Kier alpha value is -3.74. The number of hydrogen-bond donors (Lipinski definition) is 3. The van der Waals surface area contributed by atoms with E-state index in [1.807, 2.05) is 0 Å². The number of halogens is 5. The Morgan fingerprint density at radius 2 is 1.89 bits per heavy atom. The highest BCUT2D eigenvalue weighted by atomic mass is 19.3. The maximum atomic E-state index is 15.3. The van der Waals surface area contributed by atoms with Gasteiger partial charge >= 0.3 is 5.97 Å². The number of nitrogens with zero attached hydrogens (tertiary/aromatic N) is 3. The van der Waals surface area contributed by atoms with E-state index in [4.69, 9.17) is 5.73 Å². The van der Waals surface area contributed by atoms with E-state index < -0.39 is 69.9 Å². The Kier molecular flexibility index (Phi) is 6.13. The van der Waals surface area contributed by atoms with Gasteiger partial charge in [0, 0.05) is 36.8 Å². The highest BCUT2D eigenvalue weighted by molar-refractivity contribution is 5.96. The van der Waals surface area contributed by atoms with Gasteiger partial charge in [-0.05, 0) is 19.4 Å². The molecule has 2 aromatic heterocycles. The summed E-state index contributed by atoms with van der Waals surface area (Å²) in [5, 5.41) is 18.8. The van der Waals surface area contributed by atoms with Crippen LogP contribution in [0.25, 0.3) is 16.7 Å². The number of alkyl halides is 2. The van der Waals surface area contributed by atoms with Crippen molar-refractivity contribution in [2.24, 2.45) is 5.92 Å². The molecule has 186 valence electrons. The van der Waals surface area contributed by atoms with Gasteiger partial charge in [0.2, 0.25) is 5.43 Å². The zero-order valence-corrected chi connectivity index (χ0v) is 18.1. The van der Waals surface area contributed by atoms with Crippen molar-refractivity contribution in [1.82, 2.24) is 9.55 Å². The predicted octanol–water partition coefficient (Wildman–Crippen LogP) is 2.84. The molecule has 13 heteroatoms. The van der Waals surface area contributed by atoms with Crippen LogP contribution in [0.15, 0.2) is 23.1 Å². The molecule has 2 unspecified atom stereocenters. The van der Waals surface area contributed by atoms with Gasteiger partial charge in [-0.15, -0.1) is 0 Å². The number of nitrogens with two attached hydrogens (primary N) is 1. The van der Waals surface area contributed by atoms with Crippen molar-refractivity contribution in [1.29, 1.82) is 0 Å². The lowest BCUT2D eigenvalue weighted by molar-refractivity contribution is -0.0334. The number of fused-ring (bicyclic) bond motifs is 1. The lowest BCUT2D eigenvalue weighted by Gasteiger charge is -2.25. The Labute approximate surface area is 194 Å². The SMILES string of the molecule is Cc1c(N2CCC(C(O)C(F)F)C2)c(F)cc2c(=O)c(C(=O)O)cn(-c3nc(N)c(F)cc3F)c12. The summed E-state index contributed by atoms with van der Waals surface area (Å²) in [6.07, 6.45) is -3.99. The minimum absolute atomic E-state index is 0.0466. The van der Waals surface area contributed by atoms with Gasteiger partial charge in [0.15, 0.2) is 23.3 Å². The van der Waals surface area contributed by atoms with Crippen molar-refractivity contribution < 1.29 is 37.0 Å². The summed E-state index contributed by atoms with van der Waals surface area (Å²) in [7, 11) is 0. The van der Waals surface area contributed by atoms with E-state index in [0.717, 1.165) is 16.8 Å². The second-order valence-electron chi connectivity index (χ2n) is 8.26. The second kappa shape index (κ2) is 8.80. The third-order valence-electron chi connectivity index (χ3n) is 6.13. The highest BCUT2D eigenvalue weighted by Crippen LogP contribution is 2.36. The number of aliphatic hydroxyl groups is 1. The third-order valence-corrected chi connectivity index (χ3v) is 6.13. The standard InChI is InChI=1S/C22H19F5N4O4/c1-8-15-10(4-12(23)16(8)30-3-2-9(6-30)17(32)19(26)27)18(33)11(22(34)35)7-31(15)21-14(25)5-13(24)20(28)29-21/h4-5,7,9,17,19,32H,2-3,6H2,1H3,(H2,28,29)(H,34,35). The van der Waals surface area contributed by atoms with Gasteiger partial charge in [-0.1, -0.05) is 0 Å². The quantitative estimate of drug-likeness (QED) is 0.463. The zero-order valence-electron chi connectivity index (χ0n) is 18.1. The molecule has 0 bridgehead atoms. The maximum Gasteiger partial charge on any atom is 0.341 e. The molecule has 4 N–H and O–H groups in total. The first-order valence-electron chi connectivity index (χ1n) is 10.4. The van der Waals surface area contributed by atoms with Gasteiger partial charge in [-0.3, -0.25) is 9.36 Å². The largest absolute Gasteiger partial charge is 0.477 e. The summed E-state index contributed by atoms with van der Waals surface area (Å²) in [5.74, 6) is -7.20. The summed E-state index contributed by atoms with van der Waals surface area (Å²) < 4.78 is 70.5. The number of rotatable bonds is 5. The summed E-state index contributed by atoms with van der Waals surface area (Å²) in [6.45, 7) is 1.35. The summed E-state index contributed by atoms with van der Waals surface area (Å²) >= 11 is 0. The molecule has 2 atom stereocenters. The number of carboxylic acid groups (broad SMARTS) is 1. The Balaban J connectivity index is 2.00. The normalized spacial score (nSPS) is 16.9. The minimum atomic E-state index is -2.99. The molecule has 0 amide bonds. The first-order chi connectivity index (χ1) is 16.4. The lowest BCUT2D eigenvalue weighted by atomic mass is 10.0. The van der Waals surface area contributed by atoms with E-state index in [0.29, 0.717) is 6.07 Å². The molecule has 35 heavy (non-hydrogen) atoms. The van der Waals surface area contributed by atoms with Gasteiger partial charge in [-0.25, -0.2) is 31.7 Å². The monoisotopic (exact) mass is 498 g/mol. The molecule has 0 saturated carbocycles. The minimum Gasteiger partial charge on any atom is -0.477 e. The molecule has 0 aliphatic carbocycles. The highest BCUT2D eigenvalue weighted by Gasteiger charge is 2.35. The molecule has 1 aromatic carbocycles. The molecular weight excluding hydrogens is 479 g/mol. The van der Waals surface area contributed by atoms with Gasteiger partial charge < -0.3 is 20.8 Å². The summed E-state index contributed by atoms with van der Waals surface area (Å²) in [5.41, 5.74) is 3.39. The second-order valence-corrected chi connectivity index (χ2v) is 8.26. The van der Waals surface area contributed by atoms with Crippen LogP contribution in [0.3, 0.4) is 0 Å². The fraction of sp³-hybridized carbons (Fsp3) is 0.318.